The van der Waals surface area contributed by atoms with Gasteiger partial charge in [-0.15, -0.1) is 0 Å². The summed E-state index contributed by atoms with van der Waals surface area (Å²) < 4.78 is 71.2. The Morgan fingerprint density at radius 1 is 0.343 bits per heavy atom. The van der Waals surface area contributed by atoms with E-state index in [0.717, 1.165) is 19.3 Å². The molecule has 10 unspecified atom stereocenters. The molecule has 0 aromatic carbocycles. The van der Waals surface area contributed by atoms with E-state index in [2.05, 4.69) is 92.7 Å². The number of hydrogen-bond donors (Lipinski definition) is 4. The zero-order valence-electron chi connectivity index (χ0n) is 66.5. The van der Waals surface area contributed by atoms with E-state index in [-0.39, 0.29) is 74.8 Å². The molecule has 5 fully saturated rings. The summed E-state index contributed by atoms with van der Waals surface area (Å²) in [6, 6.07) is 0. The van der Waals surface area contributed by atoms with Crippen LogP contribution < -0.4 is 0 Å². The van der Waals surface area contributed by atoms with Gasteiger partial charge in [-0.2, -0.15) is 0 Å². The van der Waals surface area contributed by atoms with Crippen LogP contribution in [-0.4, -0.2) is 165 Å². The first-order chi connectivity index (χ1) is 47.4. The molecule has 0 bridgehead atoms. The second kappa shape index (κ2) is 52.5. The van der Waals surface area contributed by atoms with Crippen LogP contribution in [0.5, 0.6) is 0 Å². The number of hydrogen-bond acceptors (Lipinski definition) is 16. The largest absolute Gasteiger partial charge is 0.394 e. The molecule has 0 aromatic rings. The lowest BCUT2D eigenvalue weighted by atomic mass is 9.79. The van der Waals surface area contributed by atoms with E-state index >= 15 is 0 Å². The summed E-state index contributed by atoms with van der Waals surface area (Å²) in [6.45, 7) is 32.3. The fraction of sp³-hybridized carbons (Fsp3) is 0.928. The Labute approximate surface area is 606 Å². The van der Waals surface area contributed by atoms with Gasteiger partial charge in [-0.25, -0.2) is 0 Å². The summed E-state index contributed by atoms with van der Waals surface area (Å²) >= 11 is 0. The highest BCUT2D eigenvalue weighted by molar-refractivity contribution is 5.03. The molecule has 0 aliphatic carbocycles. The Hall–Kier alpha value is -1.42. The Morgan fingerprint density at radius 3 is 0.848 bits per heavy atom. The van der Waals surface area contributed by atoms with Gasteiger partial charge in [0.15, 0.2) is 29.9 Å². The number of ether oxygens (including phenoxy) is 12. The van der Waals surface area contributed by atoms with Crippen LogP contribution in [0.1, 0.15) is 316 Å². The van der Waals surface area contributed by atoms with Crippen molar-refractivity contribution in [2.24, 2.45) is 35.5 Å². The van der Waals surface area contributed by atoms with Gasteiger partial charge in [-0.3, -0.25) is 0 Å². The zero-order chi connectivity index (χ0) is 73.1. The number of unbranched alkanes of at least 4 members (excludes halogenated alkanes) is 30. The van der Waals surface area contributed by atoms with Crippen LogP contribution in [0.2, 0.25) is 0 Å². The average Bonchev–Trinajstić information content (AvgIpc) is 1.79. The molecule has 5 rings (SSSR count). The Morgan fingerprint density at radius 2 is 0.596 bits per heavy atom. The van der Waals surface area contributed by atoms with E-state index in [0.29, 0.717) is 36.9 Å². The predicted octanol–water partition coefficient (Wildman–Crippen LogP) is 18.8. The SMILES string of the molecule is CCCCCCCCCCCCC=C[C@H]1OC(C)(C)O[C@H]1[C@@H](O)CO.CCCCCCCCCCCCC=C[C@H]1OC(C)(C)O[C@H]1[C@@H](O)COC1OC(COC)C(C)C(C)C1C.CCCCCCCCCCCCC=C[C@H]1OC(C)(C)O[C@H]1[C@@H](O)COC1OC(COC)C(C)C(C)C1C. The van der Waals surface area contributed by atoms with Gasteiger partial charge in [0, 0.05) is 26.1 Å². The number of aliphatic hydroxyl groups excluding tert-OH is 4. The van der Waals surface area contributed by atoms with E-state index in [1.165, 1.54) is 193 Å². The van der Waals surface area contributed by atoms with Crippen LogP contribution in [0.25, 0.3) is 0 Å². The van der Waals surface area contributed by atoms with Crippen molar-refractivity contribution in [1.29, 1.82) is 0 Å². The third-order valence-corrected chi connectivity index (χ3v) is 21.5. The normalized spacial score (nSPS) is 30.6. The number of methoxy groups -OCH3 is 2. The van der Waals surface area contributed by atoms with E-state index in [1.807, 2.05) is 47.6 Å². The highest BCUT2D eigenvalue weighted by atomic mass is 16.8. The van der Waals surface area contributed by atoms with Gasteiger partial charge in [0.1, 0.15) is 54.9 Å². The third kappa shape index (κ3) is 37.1. The van der Waals surface area contributed by atoms with E-state index < -0.39 is 54.0 Å². The minimum Gasteiger partial charge on any atom is -0.394 e. The highest BCUT2D eigenvalue weighted by Crippen LogP contribution is 2.39. The van der Waals surface area contributed by atoms with Gasteiger partial charge in [0.2, 0.25) is 0 Å². The van der Waals surface area contributed by atoms with Crippen LogP contribution in [0.4, 0.5) is 0 Å². The van der Waals surface area contributed by atoms with Crippen LogP contribution in [-0.2, 0) is 56.8 Å². The number of aliphatic hydroxyl groups is 4. The van der Waals surface area contributed by atoms with Crippen LogP contribution in [0, 0.1) is 35.5 Å². The monoisotopic (exact) mass is 1410 g/mol. The van der Waals surface area contributed by atoms with E-state index in [9.17, 15) is 15.3 Å². The third-order valence-electron chi connectivity index (χ3n) is 21.5. The van der Waals surface area contributed by atoms with Crippen molar-refractivity contribution >= 4 is 0 Å². The highest BCUT2D eigenvalue weighted by Gasteiger charge is 2.48. The molecule has 5 aliphatic heterocycles. The molecule has 19 atom stereocenters. The van der Waals surface area contributed by atoms with Crippen molar-refractivity contribution in [3.8, 4) is 0 Å². The minimum absolute atomic E-state index is 0.00943. The molecule has 16 nitrogen and oxygen atoms in total. The Kier molecular flexibility index (Phi) is 48.7. The maximum atomic E-state index is 11.0. The lowest BCUT2D eigenvalue weighted by Gasteiger charge is -2.43. The molecular formula is C83H156O16. The van der Waals surface area contributed by atoms with Crippen LogP contribution in [0.3, 0.4) is 0 Å². The van der Waals surface area contributed by atoms with Crippen LogP contribution in [0.15, 0.2) is 36.5 Å². The fourth-order valence-electron chi connectivity index (χ4n) is 14.5. The first-order valence-corrected chi connectivity index (χ1v) is 40.6. The summed E-state index contributed by atoms with van der Waals surface area (Å²) in [4.78, 5) is 0. The summed E-state index contributed by atoms with van der Waals surface area (Å²) in [6.07, 6.45) is 50.3. The molecule has 0 amide bonds. The minimum atomic E-state index is -0.909. The van der Waals surface area contributed by atoms with Crippen molar-refractivity contribution in [3.63, 3.8) is 0 Å². The topological polar surface area (TPSA) is 192 Å². The van der Waals surface area contributed by atoms with Crippen molar-refractivity contribution in [3.05, 3.63) is 36.5 Å². The summed E-state index contributed by atoms with van der Waals surface area (Å²) in [7, 11) is 3.39. The number of allylic oxidation sites excluding steroid dienone is 3. The lowest BCUT2D eigenvalue weighted by molar-refractivity contribution is -0.264. The molecule has 0 radical (unpaired) electrons. The first-order valence-electron chi connectivity index (χ1n) is 40.6. The quantitative estimate of drug-likeness (QED) is 0.0332. The molecule has 5 heterocycles. The summed E-state index contributed by atoms with van der Waals surface area (Å²) in [5, 5.41) is 41.0. The second-order valence-corrected chi connectivity index (χ2v) is 31.6. The molecular weight excluding hydrogens is 1250 g/mol. The maximum absolute atomic E-state index is 11.0. The van der Waals surface area contributed by atoms with Gasteiger partial charge >= 0.3 is 0 Å². The van der Waals surface area contributed by atoms with Crippen LogP contribution >= 0.6 is 0 Å². The fourth-order valence-corrected chi connectivity index (χ4v) is 14.5. The van der Waals surface area contributed by atoms with Gasteiger partial charge < -0.3 is 77.3 Å². The van der Waals surface area contributed by atoms with Gasteiger partial charge in [0.05, 0.1) is 45.2 Å². The zero-order valence-corrected chi connectivity index (χ0v) is 66.5. The van der Waals surface area contributed by atoms with Crippen molar-refractivity contribution in [2.75, 3.05) is 47.3 Å². The van der Waals surface area contributed by atoms with Gasteiger partial charge in [-0.05, 0) is 104 Å². The van der Waals surface area contributed by atoms with E-state index in [4.69, 9.17) is 61.9 Å². The molecule has 5 aliphatic rings. The number of rotatable bonds is 50. The molecule has 99 heavy (non-hydrogen) atoms. The standard InChI is InChI=1S/2C31H58O6.C21H40O4/c2*1-8-9-10-11-12-13-14-15-16-17-18-19-20-27-29(37-31(5,6)36-27)26(32)21-34-30-25(4)23(2)24(3)28(35-30)22-33-7;1-4-5-6-7-8-9-10-11-12-13-14-15-16-19-20(18(23)17-22)25-21(2,3)24-19/h2*19-20,23-30,32H,8-18,21-22H2,1-7H3;15-16,18-20,22-23H,4-14,17H2,1-3H3/t2*23?,24?,25?,26-,27+,28?,29-,30?;18-,19+,20-/m000/s1. The smallest absolute Gasteiger partial charge is 0.164 e. The van der Waals surface area contributed by atoms with Crippen molar-refractivity contribution < 1.29 is 77.3 Å². The van der Waals surface area contributed by atoms with Crippen molar-refractivity contribution in [1.82, 2.24) is 0 Å². The molecule has 16 heteroatoms. The predicted molar refractivity (Wildman–Crippen MR) is 401 cm³/mol. The second-order valence-electron chi connectivity index (χ2n) is 31.6. The first kappa shape index (κ1) is 91.8. The van der Waals surface area contributed by atoms with E-state index in [1.54, 1.807) is 14.2 Å². The van der Waals surface area contributed by atoms with Crippen molar-refractivity contribution in [2.45, 2.75) is 413 Å². The molecule has 5 saturated heterocycles. The summed E-state index contributed by atoms with van der Waals surface area (Å²) in [5.41, 5.74) is 0. The Bertz CT molecular complexity index is 1930. The average molecular weight is 1410 g/mol. The van der Waals surface area contributed by atoms with Gasteiger partial charge in [0.25, 0.3) is 0 Å². The summed E-state index contributed by atoms with van der Waals surface area (Å²) in [5.74, 6) is -0.0971. The molecule has 4 N–H and O–H groups in total. The maximum Gasteiger partial charge on any atom is 0.164 e. The lowest BCUT2D eigenvalue weighted by Crippen LogP contribution is -2.49. The Balaban J connectivity index is 0.000000395. The molecule has 0 saturated carbocycles. The molecule has 0 aromatic heterocycles. The molecule has 0 spiro atoms. The molecule has 584 valence electrons. The van der Waals surface area contributed by atoms with Gasteiger partial charge in [-0.1, -0.05) is 272 Å².